The molecule has 0 radical (unpaired) electrons. The van der Waals surface area contributed by atoms with Crippen molar-refractivity contribution in [1.29, 1.82) is 0 Å². The Morgan fingerprint density at radius 1 is 1.03 bits per heavy atom. The lowest BCUT2D eigenvalue weighted by Crippen LogP contribution is -2.58. The van der Waals surface area contributed by atoms with Gasteiger partial charge in [-0.3, -0.25) is 4.79 Å². The second kappa shape index (κ2) is 11.2. The summed E-state index contributed by atoms with van der Waals surface area (Å²) in [4.78, 5) is 13.8. The van der Waals surface area contributed by atoms with Crippen LogP contribution in [0.25, 0.3) is 0 Å². The Hall–Kier alpha value is -2.90. The summed E-state index contributed by atoms with van der Waals surface area (Å²) in [5, 5.41) is 9.43. The van der Waals surface area contributed by atoms with Gasteiger partial charge in [-0.1, -0.05) is 52.7 Å². The predicted octanol–water partition coefficient (Wildman–Crippen LogP) is 7.58. The SMILES string of the molecule is CCCCC1C(c2ccc(F)cc2)=NN(c2ccc(C(F)(F)F)cc2)C1(C)C(=O)NCCCC(C)(C)C. The number of carbonyl (C=O) groups is 1. The van der Waals surface area contributed by atoms with Crippen molar-refractivity contribution in [1.82, 2.24) is 5.32 Å². The van der Waals surface area contributed by atoms with E-state index in [2.05, 4.69) is 33.0 Å². The minimum atomic E-state index is -4.47. The third-order valence-electron chi connectivity index (χ3n) is 6.93. The van der Waals surface area contributed by atoms with Gasteiger partial charge in [0.15, 0.2) is 0 Å². The van der Waals surface area contributed by atoms with Gasteiger partial charge in [0, 0.05) is 12.5 Å². The first-order valence-electron chi connectivity index (χ1n) is 12.9. The van der Waals surface area contributed by atoms with Crippen LogP contribution in [0.2, 0.25) is 0 Å². The van der Waals surface area contributed by atoms with Gasteiger partial charge in [-0.05, 0) is 73.6 Å². The molecule has 0 fully saturated rings. The molecule has 2 atom stereocenters. The van der Waals surface area contributed by atoms with E-state index in [1.807, 2.05) is 0 Å². The van der Waals surface area contributed by atoms with Gasteiger partial charge >= 0.3 is 6.18 Å². The van der Waals surface area contributed by atoms with Gasteiger partial charge in [0.05, 0.1) is 17.0 Å². The number of carbonyl (C=O) groups excluding carboxylic acids is 1. The van der Waals surface area contributed by atoms with Gasteiger partial charge in [0.25, 0.3) is 0 Å². The average molecular weight is 520 g/mol. The quantitative estimate of drug-likeness (QED) is 0.274. The molecule has 0 spiro atoms. The highest BCUT2D eigenvalue weighted by atomic mass is 19.4. The van der Waals surface area contributed by atoms with E-state index in [0.29, 0.717) is 29.9 Å². The molecular formula is C29H37F4N3O. The van der Waals surface area contributed by atoms with Gasteiger partial charge in [-0.15, -0.1) is 0 Å². The molecule has 8 heteroatoms. The van der Waals surface area contributed by atoms with Crippen molar-refractivity contribution >= 4 is 17.3 Å². The van der Waals surface area contributed by atoms with Gasteiger partial charge in [0.2, 0.25) is 5.91 Å². The van der Waals surface area contributed by atoms with E-state index in [9.17, 15) is 22.4 Å². The van der Waals surface area contributed by atoms with Crippen LogP contribution in [0, 0.1) is 17.2 Å². The van der Waals surface area contributed by atoms with E-state index in [4.69, 9.17) is 5.10 Å². The summed E-state index contributed by atoms with van der Waals surface area (Å²) in [6.07, 6.45) is -0.352. The van der Waals surface area contributed by atoms with Crippen LogP contribution < -0.4 is 10.3 Å². The van der Waals surface area contributed by atoms with Crippen LogP contribution >= 0.6 is 0 Å². The van der Waals surface area contributed by atoms with E-state index in [1.165, 1.54) is 24.3 Å². The smallest absolute Gasteiger partial charge is 0.354 e. The Morgan fingerprint density at radius 3 is 2.19 bits per heavy atom. The van der Waals surface area contributed by atoms with E-state index >= 15 is 0 Å². The molecule has 37 heavy (non-hydrogen) atoms. The van der Waals surface area contributed by atoms with Crippen LogP contribution in [-0.2, 0) is 11.0 Å². The van der Waals surface area contributed by atoms with Crippen LogP contribution in [0.5, 0.6) is 0 Å². The van der Waals surface area contributed by atoms with Crippen molar-refractivity contribution in [2.75, 3.05) is 11.6 Å². The maximum absolute atomic E-state index is 13.8. The second-order valence-electron chi connectivity index (χ2n) is 11.1. The summed E-state index contributed by atoms with van der Waals surface area (Å²) in [6.45, 7) is 10.8. The number of rotatable bonds is 9. The highest BCUT2D eigenvalue weighted by Crippen LogP contribution is 2.42. The summed E-state index contributed by atoms with van der Waals surface area (Å²) >= 11 is 0. The molecule has 0 aliphatic carbocycles. The van der Waals surface area contributed by atoms with Crippen molar-refractivity contribution in [2.45, 2.75) is 78.4 Å². The zero-order valence-corrected chi connectivity index (χ0v) is 22.3. The second-order valence-corrected chi connectivity index (χ2v) is 11.1. The van der Waals surface area contributed by atoms with Crippen LogP contribution in [0.4, 0.5) is 23.2 Å². The van der Waals surface area contributed by atoms with Crippen LogP contribution in [0.15, 0.2) is 53.6 Å². The summed E-state index contributed by atoms with van der Waals surface area (Å²) in [7, 11) is 0. The normalized spacial score (nSPS) is 20.2. The van der Waals surface area contributed by atoms with Crippen molar-refractivity contribution < 1.29 is 22.4 Å². The molecule has 1 aliphatic rings. The molecule has 1 amide bonds. The molecule has 2 aromatic carbocycles. The van der Waals surface area contributed by atoms with Gasteiger partial charge in [-0.2, -0.15) is 18.3 Å². The average Bonchev–Trinajstić information content (AvgIpc) is 3.13. The number of hydrogen-bond donors (Lipinski definition) is 1. The fraction of sp³-hybridized carbons (Fsp3) is 0.517. The largest absolute Gasteiger partial charge is 0.416 e. The molecule has 0 aromatic heterocycles. The fourth-order valence-electron chi connectivity index (χ4n) is 4.77. The van der Waals surface area contributed by atoms with Gasteiger partial charge < -0.3 is 5.32 Å². The summed E-state index contributed by atoms with van der Waals surface area (Å²) in [5.41, 5.74) is -0.116. The zero-order valence-electron chi connectivity index (χ0n) is 22.3. The molecule has 1 heterocycles. The lowest BCUT2D eigenvalue weighted by atomic mass is 9.77. The van der Waals surface area contributed by atoms with Crippen molar-refractivity contribution in [2.24, 2.45) is 16.4 Å². The van der Waals surface area contributed by atoms with E-state index in [-0.39, 0.29) is 23.1 Å². The third kappa shape index (κ3) is 6.70. The molecule has 4 nitrogen and oxygen atoms in total. The molecule has 0 saturated heterocycles. The molecule has 0 bridgehead atoms. The third-order valence-corrected chi connectivity index (χ3v) is 6.93. The van der Waals surface area contributed by atoms with Crippen LogP contribution in [0.1, 0.15) is 77.8 Å². The first-order chi connectivity index (χ1) is 17.3. The molecule has 2 unspecified atom stereocenters. The molecule has 2 aromatic rings. The standard InChI is InChI=1S/C29H37F4N3O/c1-6-7-9-24-25(20-10-14-22(30)15-11-20)35-36(23-16-12-21(13-17-23)29(31,32)33)28(24,5)26(37)34-19-8-18-27(2,3)4/h10-17,24H,6-9,18-19H2,1-5H3,(H,34,37). The number of hydrogen-bond acceptors (Lipinski definition) is 3. The lowest BCUT2D eigenvalue weighted by Gasteiger charge is -2.38. The number of hydrazone groups is 1. The molecule has 1 aliphatic heterocycles. The minimum absolute atomic E-state index is 0.136. The van der Waals surface area contributed by atoms with Crippen molar-refractivity contribution in [3.8, 4) is 0 Å². The number of unbranched alkanes of at least 4 members (excludes halogenated alkanes) is 1. The highest BCUT2D eigenvalue weighted by Gasteiger charge is 2.53. The van der Waals surface area contributed by atoms with E-state index < -0.39 is 17.3 Å². The summed E-state index contributed by atoms with van der Waals surface area (Å²) in [5.74, 6) is -0.961. The first kappa shape index (κ1) is 28.7. The van der Waals surface area contributed by atoms with Crippen LogP contribution in [0.3, 0.4) is 0 Å². The Morgan fingerprint density at radius 2 is 1.65 bits per heavy atom. The van der Waals surface area contributed by atoms with Gasteiger partial charge in [0.1, 0.15) is 11.4 Å². The fourth-order valence-corrected chi connectivity index (χ4v) is 4.77. The minimum Gasteiger partial charge on any atom is -0.354 e. The molecular weight excluding hydrogens is 482 g/mol. The topological polar surface area (TPSA) is 44.7 Å². The molecule has 202 valence electrons. The summed E-state index contributed by atoms with van der Waals surface area (Å²) in [6, 6.07) is 10.7. The number of nitrogens with zero attached hydrogens (tertiary/aromatic N) is 2. The Kier molecular flexibility index (Phi) is 8.70. The number of halogens is 4. The number of amides is 1. The Labute approximate surface area is 217 Å². The Balaban J connectivity index is 2.03. The Bertz CT molecular complexity index is 1090. The lowest BCUT2D eigenvalue weighted by molar-refractivity contribution is -0.137. The zero-order chi connectivity index (χ0) is 27.4. The van der Waals surface area contributed by atoms with Gasteiger partial charge in [-0.25, -0.2) is 9.40 Å². The first-order valence-corrected chi connectivity index (χ1v) is 12.9. The maximum Gasteiger partial charge on any atom is 0.416 e. The molecule has 0 saturated carbocycles. The highest BCUT2D eigenvalue weighted by molar-refractivity contribution is 6.10. The number of anilines is 1. The van der Waals surface area contributed by atoms with E-state index in [0.717, 1.165) is 37.8 Å². The molecule has 1 N–H and O–H groups in total. The number of alkyl halides is 3. The molecule has 3 rings (SSSR count). The van der Waals surface area contributed by atoms with E-state index in [1.54, 1.807) is 24.1 Å². The predicted molar refractivity (Wildman–Crippen MR) is 140 cm³/mol. The monoisotopic (exact) mass is 519 g/mol. The van der Waals surface area contributed by atoms with Crippen molar-refractivity contribution in [3.05, 3.63) is 65.5 Å². The number of nitrogens with one attached hydrogen (secondary N) is 1. The van der Waals surface area contributed by atoms with Crippen molar-refractivity contribution in [3.63, 3.8) is 0 Å². The maximum atomic E-state index is 13.8. The van der Waals surface area contributed by atoms with Crippen LogP contribution in [-0.4, -0.2) is 23.7 Å². The summed E-state index contributed by atoms with van der Waals surface area (Å²) < 4.78 is 53.3. The number of benzene rings is 2.